The summed E-state index contributed by atoms with van der Waals surface area (Å²) in [6.45, 7) is -0.0591. The summed E-state index contributed by atoms with van der Waals surface area (Å²) in [4.78, 5) is 0. The van der Waals surface area contributed by atoms with Crippen LogP contribution in [-0.2, 0) is 6.54 Å². The lowest BCUT2D eigenvalue weighted by Gasteiger charge is -2.10. The molecule has 0 aliphatic carbocycles. The fourth-order valence-electron chi connectivity index (χ4n) is 1.55. The lowest BCUT2D eigenvalue weighted by molar-refractivity contribution is 0.458. The molecule has 0 saturated heterocycles. The molecular weight excluding hydrogens is 282 g/mol. The number of nitrogens with one attached hydrogen (secondary N) is 1. The second kappa shape index (κ2) is 5.48. The Hall–Kier alpha value is -1.75. The van der Waals surface area contributed by atoms with Crippen molar-refractivity contribution in [3.05, 3.63) is 64.2 Å². The van der Waals surface area contributed by atoms with Gasteiger partial charge in [0, 0.05) is 17.6 Å². The van der Waals surface area contributed by atoms with Gasteiger partial charge in [0.25, 0.3) is 0 Å². The SMILES string of the molecule is Fc1cc(F)c(F)c(NCc2ccccc2Cl)c1F. The lowest BCUT2D eigenvalue weighted by atomic mass is 10.2. The summed E-state index contributed by atoms with van der Waals surface area (Å²) < 4.78 is 52.7. The van der Waals surface area contributed by atoms with Gasteiger partial charge in [-0.1, -0.05) is 29.8 Å². The van der Waals surface area contributed by atoms with Crippen LogP contribution < -0.4 is 5.32 Å². The van der Waals surface area contributed by atoms with Crippen molar-refractivity contribution >= 4 is 17.3 Å². The van der Waals surface area contributed by atoms with Crippen molar-refractivity contribution in [1.82, 2.24) is 0 Å². The quantitative estimate of drug-likeness (QED) is 0.647. The van der Waals surface area contributed by atoms with E-state index in [0.29, 0.717) is 10.6 Å². The van der Waals surface area contributed by atoms with Gasteiger partial charge in [0.2, 0.25) is 0 Å². The Morgan fingerprint density at radius 2 is 1.53 bits per heavy atom. The molecule has 0 amide bonds. The van der Waals surface area contributed by atoms with Crippen LogP contribution in [0.5, 0.6) is 0 Å². The van der Waals surface area contributed by atoms with Crippen LogP contribution in [0.25, 0.3) is 0 Å². The standard InChI is InChI=1S/C13H8ClF4N/c14-8-4-2-1-3-7(8)6-19-13-11(17)9(15)5-10(16)12(13)18/h1-5,19H,6H2. The zero-order valence-corrected chi connectivity index (χ0v) is 10.2. The minimum atomic E-state index is -1.47. The van der Waals surface area contributed by atoms with E-state index in [-0.39, 0.29) is 12.6 Å². The highest BCUT2D eigenvalue weighted by Gasteiger charge is 2.18. The van der Waals surface area contributed by atoms with Crippen LogP contribution in [0, 0.1) is 23.3 Å². The molecule has 0 heterocycles. The first-order chi connectivity index (χ1) is 9.00. The van der Waals surface area contributed by atoms with Crippen molar-refractivity contribution in [1.29, 1.82) is 0 Å². The topological polar surface area (TPSA) is 12.0 Å². The fraction of sp³-hybridized carbons (Fsp3) is 0.0769. The molecule has 2 aromatic rings. The monoisotopic (exact) mass is 289 g/mol. The van der Waals surface area contributed by atoms with E-state index in [0.717, 1.165) is 0 Å². The van der Waals surface area contributed by atoms with E-state index in [4.69, 9.17) is 11.6 Å². The van der Waals surface area contributed by atoms with Gasteiger partial charge in [0.05, 0.1) is 0 Å². The Morgan fingerprint density at radius 3 is 2.11 bits per heavy atom. The summed E-state index contributed by atoms with van der Waals surface area (Å²) in [6, 6.07) is 6.75. The van der Waals surface area contributed by atoms with Crippen LogP contribution >= 0.6 is 11.6 Å². The molecule has 6 heteroatoms. The number of halogens is 5. The van der Waals surface area contributed by atoms with E-state index < -0.39 is 29.0 Å². The Bertz CT molecular complexity index is 590. The maximum atomic E-state index is 13.4. The molecule has 1 nitrogen and oxygen atoms in total. The summed E-state index contributed by atoms with van der Waals surface area (Å²) in [5, 5.41) is 2.69. The molecule has 100 valence electrons. The van der Waals surface area contributed by atoms with Crippen LogP contribution in [0.2, 0.25) is 5.02 Å². The molecule has 19 heavy (non-hydrogen) atoms. The minimum absolute atomic E-state index is 0.0591. The van der Waals surface area contributed by atoms with E-state index in [1.54, 1.807) is 24.3 Å². The molecule has 2 aromatic carbocycles. The highest BCUT2D eigenvalue weighted by Crippen LogP contribution is 2.25. The predicted octanol–water partition coefficient (Wildman–Crippen LogP) is 4.51. The molecule has 0 spiro atoms. The zero-order valence-electron chi connectivity index (χ0n) is 9.48. The van der Waals surface area contributed by atoms with Crippen LogP contribution in [-0.4, -0.2) is 0 Å². The van der Waals surface area contributed by atoms with Gasteiger partial charge in [-0.25, -0.2) is 17.6 Å². The molecule has 0 aliphatic rings. The van der Waals surface area contributed by atoms with Crippen molar-refractivity contribution in [2.45, 2.75) is 6.54 Å². The Morgan fingerprint density at radius 1 is 0.947 bits per heavy atom. The summed E-state index contributed by atoms with van der Waals surface area (Å²) in [6.07, 6.45) is 0. The van der Waals surface area contributed by atoms with Crippen LogP contribution in [0.15, 0.2) is 30.3 Å². The van der Waals surface area contributed by atoms with Crippen LogP contribution in [0.3, 0.4) is 0 Å². The Kier molecular flexibility index (Phi) is 3.95. The van der Waals surface area contributed by atoms with Crippen LogP contribution in [0.4, 0.5) is 23.2 Å². The molecule has 1 N–H and O–H groups in total. The first-order valence-corrected chi connectivity index (χ1v) is 5.68. The number of benzene rings is 2. The van der Waals surface area contributed by atoms with E-state index in [9.17, 15) is 17.6 Å². The fourth-order valence-corrected chi connectivity index (χ4v) is 1.76. The maximum Gasteiger partial charge on any atom is 0.185 e. The molecular formula is C13H8ClF4N. The van der Waals surface area contributed by atoms with Crippen LogP contribution in [0.1, 0.15) is 5.56 Å². The highest BCUT2D eigenvalue weighted by atomic mass is 35.5. The smallest absolute Gasteiger partial charge is 0.185 e. The Labute approximate surface area is 111 Å². The number of rotatable bonds is 3. The largest absolute Gasteiger partial charge is 0.376 e. The normalized spacial score (nSPS) is 10.6. The molecule has 0 radical (unpaired) electrons. The number of anilines is 1. The van der Waals surface area contributed by atoms with Gasteiger partial charge in [0.1, 0.15) is 5.69 Å². The third-order valence-electron chi connectivity index (χ3n) is 2.53. The molecule has 2 rings (SSSR count). The number of hydrogen-bond acceptors (Lipinski definition) is 1. The van der Waals surface area contributed by atoms with Gasteiger partial charge in [0.15, 0.2) is 23.3 Å². The minimum Gasteiger partial charge on any atom is -0.376 e. The molecule has 0 aliphatic heterocycles. The maximum absolute atomic E-state index is 13.4. The molecule has 0 bridgehead atoms. The van der Waals surface area contributed by atoms with E-state index in [1.165, 1.54) is 0 Å². The van der Waals surface area contributed by atoms with E-state index >= 15 is 0 Å². The van der Waals surface area contributed by atoms with Crippen molar-refractivity contribution < 1.29 is 17.6 Å². The lowest BCUT2D eigenvalue weighted by Crippen LogP contribution is -2.07. The van der Waals surface area contributed by atoms with Gasteiger partial charge in [-0.2, -0.15) is 0 Å². The first kappa shape index (κ1) is 13.7. The third-order valence-corrected chi connectivity index (χ3v) is 2.89. The second-order valence-corrected chi connectivity index (χ2v) is 4.20. The summed E-state index contributed by atoms with van der Waals surface area (Å²) in [7, 11) is 0. The molecule has 0 saturated carbocycles. The van der Waals surface area contributed by atoms with E-state index in [2.05, 4.69) is 5.32 Å². The van der Waals surface area contributed by atoms with Crippen molar-refractivity contribution in [2.24, 2.45) is 0 Å². The van der Waals surface area contributed by atoms with Crippen molar-refractivity contribution in [3.63, 3.8) is 0 Å². The number of hydrogen-bond donors (Lipinski definition) is 1. The zero-order chi connectivity index (χ0) is 14.0. The third kappa shape index (κ3) is 2.81. The molecule has 0 unspecified atom stereocenters. The van der Waals surface area contributed by atoms with Crippen molar-refractivity contribution in [2.75, 3.05) is 5.32 Å². The molecule has 0 atom stereocenters. The summed E-state index contributed by atoms with van der Waals surface area (Å²) >= 11 is 5.86. The summed E-state index contributed by atoms with van der Waals surface area (Å²) in [5.41, 5.74) is -0.301. The summed E-state index contributed by atoms with van der Waals surface area (Å²) in [5.74, 6) is -5.85. The van der Waals surface area contributed by atoms with Crippen molar-refractivity contribution in [3.8, 4) is 0 Å². The van der Waals surface area contributed by atoms with Gasteiger partial charge in [-0.15, -0.1) is 0 Å². The van der Waals surface area contributed by atoms with Gasteiger partial charge >= 0.3 is 0 Å². The Balaban J connectivity index is 2.28. The van der Waals surface area contributed by atoms with Gasteiger partial charge in [-0.05, 0) is 11.6 Å². The molecule has 0 aromatic heterocycles. The van der Waals surface area contributed by atoms with E-state index in [1.807, 2.05) is 0 Å². The molecule has 0 fully saturated rings. The second-order valence-electron chi connectivity index (χ2n) is 3.79. The first-order valence-electron chi connectivity index (χ1n) is 5.31. The van der Waals surface area contributed by atoms with Gasteiger partial charge in [-0.3, -0.25) is 0 Å². The van der Waals surface area contributed by atoms with Gasteiger partial charge < -0.3 is 5.32 Å². The predicted molar refractivity (Wildman–Crippen MR) is 65.1 cm³/mol. The average Bonchev–Trinajstić information content (AvgIpc) is 2.38. The highest BCUT2D eigenvalue weighted by molar-refractivity contribution is 6.31. The average molecular weight is 290 g/mol.